The fourth-order valence-corrected chi connectivity index (χ4v) is 3.49. The van der Waals surface area contributed by atoms with E-state index in [1.807, 2.05) is 0 Å². The summed E-state index contributed by atoms with van der Waals surface area (Å²) in [7, 11) is 0. The Morgan fingerprint density at radius 1 is 1.22 bits per heavy atom. The first-order chi connectivity index (χ1) is 13.1. The van der Waals surface area contributed by atoms with Crippen molar-refractivity contribution in [3.05, 3.63) is 42.7 Å². The largest absolute Gasteiger partial charge is 0.346 e. The van der Waals surface area contributed by atoms with Crippen LogP contribution in [0.15, 0.2) is 36.9 Å². The molecule has 0 radical (unpaired) electrons. The van der Waals surface area contributed by atoms with Crippen LogP contribution in [0.5, 0.6) is 0 Å². The summed E-state index contributed by atoms with van der Waals surface area (Å²) in [6, 6.07) is 4.54. The molecule has 4 rings (SSSR count). The van der Waals surface area contributed by atoms with E-state index in [-0.39, 0.29) is 12.5 Å². The first-order valence-corrected chi connectivity index (χ1v) is 8.80. The van der Waals surface area contributed by atoms with Crippen molar-refractivity contribution in [1.82, 2.24) is 25.3 Å². The zero-order valence-electron chi connectivity index (χ0n) is 14.7. The number of nitrogens with one attached hydrogen (secondary N) is 2. The summed E-state index contributed by atoms with van der Waals surface area (Å²) in [4.78, 5) is 30.8. The number of piperidine rings is 1. The predicted molar refractivity (Wildman–Crippen MR) is 98.8 cm³/mol. The highest BCUT2D eigenvalue weighted by atomic mass is 19.1. The lowest BCUT2D eigenvalue weighted by molar-refractivity contribution is -0.128. The number of H-pyrrole nitrogens is 1. The number of hydrogen-bond donors (Lipinski definition) is 3. The fraction of sp³-hybridized carbons (Fsp3) is 0.333. The summed E-state index contributed by atoms with van der Waals surface area (Å²) >= 11 is 0. The third-order valence-electron chi connectivity index (χ3n) is 5.09. The molecule has 1 aliphatic rings. The molecule has 0 unspecified atom stereocenters. The molecule has 8 nitrogen and oxygen atoms in total. The molecule has 0 spiro atoms. The maximum absolute atomic E-state index is 13.7. The minimum absolute atomic E-state index is 0.188. The molecule has 1 amide bonds. The summed E-state index contributed by atoms with van der Waals surface area (Å²) in [6.45, 7) is 1.63. The molecule has 0 aromatic carbocycles. The number of aromatic amines is 1. The first kappa shape index (κ1) is 17.5. The predicted octanol–water partition coefficient (Wildman–Crippen LogP) is 1.49. The van der Waals surface area contributed by atoms with E-state index in [1.165, 1.54) is 23.4 Å². The number of hydrogen-bond acceptors (Lipinski definition) is 6. The van der Waals surface area contributed by atoms with Crippen molar-refractivity contribution in [2.24, 2.45) is 11.1 Å². The number of anilines is 2. The van der Waals surface area contributed by atoms with Gasteiger partial charge in [-0.25, -0.2) is 24.2 Å². The summed E-state index contributed by atoms with van der Waals surface area (Å²) in [6.07, 6.45) is 5.42. The Hall–Kier alpha value is -2.91. The van der Waals surface area contributed by atoms with E-state index in [0.29, 0.717) is 48.6 Å². The maximum atomic E-state index is 13.7. The van der Waals surface area contributed by atoms with Crippen LogP contribution in [0, 0.1) is 11.2 Å². The highest BCUT2D eigenvalue weighted by Gasteiger charge is 2.43. The second-order valence-electron chi connectivity index (χ2n) is 6.65. The third-order valence-corrected chi connectivity index (χ3v) is 5.09. The quantitative estimate of drug-likeness (QED) is 0.642. The highest BCUT2D eigenvalue weighted by Crippen LogP contribution is 2.36. The lowest BCUT2D eigenvalue weighted by Gasteiger charge is -2.38. The van der Waals surface area contributed by atoms with Crippen LogP contribution in [0.25, 0.3) is 11.0 Å². The molecule has 140 valence electrons. The Morgan fingerprint density at radius 3 is 2.74 bits per heavy atom. The number of nitrogens with zero attached hydrogens (tertiary/aromatic N) is 4. The van der Waals surface area contributed by atoms with Crippen LogP contribution < -0.4 is 16.0 Å². The Bertz CT molecular complexity index is 950. The van der Waals surface area contributed by atoms with Crippen molar-refractivity contribution in [1.29, 1.82) is 0 Å². The maximum Gasteiger partial charge on any atom is 0.241 e. The number of rotatable bonds is 4. The van der Waals surface area contributed by atoms with Crippen LogP contribution in [0.2, 0.25) is 0 Å². The molecule has 0 saturated carbocycles. The van der Waals surface area contributed by atoms with Crippen LogP contribution in [-0.2, 0) is 4.79 Å². The molecule has 9 heteroatoms. The van der Waals surface area contributed by atoms with Crippen molar-refractivity contribution in [2.75, 3.05) is 24.5 Å². The molecule has 4 heterocycles. The zero-order chi connectivity index (χ0) is 18.9. The molecular weight excluding hydrogens is 349 g/mol. The summed E-state index contributed by atoms with van der Waals surface area (Å²) < 4.78 is 13.4. The van der Waals surface area contributed by atoms with Gasteiger partial charge in [0.15, 0.2) is 5.82 Å². The monoisotopic (exact) mass is 369 g/mol. The van der Waals surface area contributed by atoms with Gasteiger partial charge in [-0.3, -0.25) is 4.79 Å². The lowest BCUT2D eigenvalue weighted by Crippen LogP contribution is -2.52. The van der Waals surface area contributed by atoms with Gasteiger partial charge < -0.3 is 16.0 Å². The van der Waals surface area contributed by atoms with E-state index in [0.717, 1.165) is 6.20 Å². The van der Waals surface area contributed by atoms with E-state index in [2.05, 4.69) is 25.3 Å². The molecule has 1 aliphatic heterocycles. The number of nitrogens with two attached hydrogens (primary N) is 1. The number of amides is 1. The Labute approximate surface area is 155 Å². The van der Waals surface area contributed by atoms with Crippen LogP contribution in [0.1, 0.15) is 12.8 Å². The average Bonchev–Trinajstić information content (AvgIpc) is 3.19. The van der Waals surface area contributed by atoms with E-state index in [4.69, 9.17) is 5.73 Å². The van der Waals surface area contributed by atoms with E-state index >= 15 is 0 Å². The SMILES string of the molecule is NCC1(C(=O)N(c2ccc(F)cn2)c2ncnc3[nH]ccc23)CCNCC1. The van der Waals surface area contributed by atoms with Crippen molar-refractivity contribution >= 4 is 28.6 Å². The van der Waals surface area contributed by atoms with Crippen molar-refractivity contribution in [3.8, 4) is 0 Å². The number of aromatic nitrogens is 4. The Kier molecular flexibility index (Phi) is 4.54. The molecule has 0 atom stereocenters. The second-order valence-corrected chi connectivity index (χ2v) is 6.65. The molecule has 0 bridgehead atoms. The number of pyridine rings is 1. The number of fused-ring (bicyclic) bond motifs is 1. The number of carbonyl (C=O) groups excluding carboxylic acids is 1. The van der Waals surface area contributed by atoms with Gasteiger partial charge in [-0.05, 0) is 44.1 Å². The zero-order valence-corrected chi connectivity index (χ0v) is 14.7. The minimum Gasteiger partial charge on any atom is -0.346 e. The topological polar surface area (TPSA) is 113 Å². The summed E-state index contributed by atoms with van der Waals surface area (Å²) in [5, 5.41) is 3.94. The fourth-order valence-electron chi connectivity index (χ4n) is 3.49. The van der Waals surface area contributed by atoms with Gasteiger partial charge >= 0.3 is 0 Å². The molecule has 0 aliphatic carbocycles. The molecule has 3 aromatic heterocycles. The standard InChI is InChI=1S/C18H20FN7O/c19-12-1-2-14(23-9-12)26(16-13-3-6-22-15(13)24-11-25-16)17(27)18(10-20)4-7-21-8-5-18/h1-3,6,9,11,21H,4-5,7-8,10,20H2,(H,22,24,25). The Balaban J connectivity index is 1.87. The normalized spacial score (nSPS) is 16.4. The van der Waals surface area contributed by atoms with E-state index in [9.17, 15) is 9.18 Å². The van der Waals surface area contributed by atoms with Crippen LogP contribution in [-0.4, -0.2) is 45.5 Å². The summed E-state index contributed by atoms with van der Waals surface area (Å²) in [5.41, 5.74) is 5.93. The molecule has 1 fully saturated rings. The van der Waals surface area contributed by atoms with Crippen molar-refractivity contribution < 1.29 is 9.18 Å². The van der Waals surface area contributed by atoms with Gasteiger partial charge in [0.25, 0.3) is 0 Å². The lowest BCUT2D eigenvalue weighted by atomic mass is 9.77. The highest BCUT2D eigenvalue weighted by molar-refractivity contribution is 6.07. The third kappa shape index (κ3) is 3.04. The van der Waals surface area contributed by atoms with Crippen LogP contribution in [0.3, 0.4) is 0 Å². The molecule has 27 heavy (non-hydrogen) atoms. The van der Waals surface area contributed by atoms with Gasteiger partial charge in [0.05, 0.1) is 17.0 Å². The van der Waals surface area contributed by atoms with Gasteiger partial charge in [0, 0.05) is 12.7 Å². The molecular formula is C18H20FN7O. The van der Waals surface area contributed by atoms with Gasteiger partial charge in [0.2, 0.25) is 5.91 Å². The second kappa shape index (κ2) is 7.01. The van der Waals surface area contributed by atoms with Gasteiger partial charge in [0.1, 0.15) is 23.6 Å². The van der Waals surface area contributed by atoms with E-state index in [1.54, 1.807) is 12.3 Å². The molecule has 1 saturated heterocycles. The molecule has 3 aromatic rings. The van der Waals surface area contributed by atoms with Gasteiger partial charge in [-0.15, -0.1) is 0 Å². The van der Waals surface area contributed by atoms with Gasteiger partial charge in [-0.1, -0.05) is 0 Å². The first-order valence-electron chi connectivity index (χ1n) is 8.80. The van der Waals surface area contributed by atoms with Gasteiger partial charge in [-0.2, -0.15) is 0 Å². The number of halogens is 1. The minimum atomic E-state index is -0.727. The van der Waals surface area contributed by atoms with Crippen molar-refractivity contribution in [2.45, 2.75) is 12.8 Å². The summed E-state index contributed by atoms with van der Waals surface area (Å²) in [5.74, 6) is 0.0357. The molecule has 4 N–H and O–H groups in total. The Morgan fingerprint density at radius 2 is 2.04 bits per heavy atom. The van der Waals surface area contributed by atoms with E-state index < -0.39 is 11.2 Å². The smallest absolute Gasteiger partial charge is 0.241 e. The number of carbonyl (C=O) groups is 1. The van der Waals surface area contributed by atoms with Crippen molar-refractivity contribution in [3.63, 3.8) is 0 Å². The average molecular weight is 369 g/mol. The van der Waals surface area contributed by atoms with Crippen LogP contribution >= 0.6 is 0 Å². The van der Waals surface area contributed by atoms with Crippen LogP contribution in [0.4, 0.5) is 16.0 Å².